The van der Waals surface area contributed by atoms with Gasteiger partial charge in [0.2, 0.25) is 0 Å². The minimum absolute atomic E-state index is 0.234. The molecule has 3 aliphatic rings. The minimum atomic E-state index is -4.41. The van der Waals surface area contributed by atoms with Crippen LogP contribution in [0.2, 0.25) is 0 Å². The van der Waals surface area contributed by atoms with Crippen molar-refractivity contribution in [3.8, 4) is 0 Å². The van der Waals surface area contributed by atoms with Crippen molar-refractivity contribution in [2.45, 2.75) is 38.3 Å². The molecule has 0 radical (unpaired) electrons. The van der Waals surface area contributed by atoms with E-state index in [1.54, 1.807) is 0 Å². The molecule has 1 heterocycles. The number of hydrogen-bond donors (Lipinski definition) is 1. The van der Waals surface area contributed by atoms with Crippen molar-refractivity contribution in [3.05, 3.63) is 58.2 Å². The number of benzene rings is 1. The molecule has 5 heteroatoms. The first kappa shape index (κ1) is 15.2. The Hall–Kier alpha value is -2.30. The molecular weight excluding hydrogens is 315 g/mol. The largest absolute Gasteiger partial charge is 0.416 e. The summed E-state index contributed by atoms with van der Waals surface area (Å²) in [6.07, 6.45) is 4.99. The fraction of sp³-hybridized carbons (Fsp3) is 0.316. The number of amides is 1. The molecule has 0 aromatic heterocycles. The molecule has 124 valence electrons. The predicted octanol–water partition coefficient (Wildman–Crippen LogP) is 5.24. The molecule has 0 spiro atoms. The molecule has 2 aliphatic carbocycles. The van der Waals surface area contributed by atoms with Crippen molar-refractivity contribution in [1.82, 2.24) is 0 Å². The van der Waals surface area contributed by atoms with E-state index in [2.05, 4.69) is 11.4 Å². The molecule has 1 amide bonds. The number of carbonyl (C=O) groups excluding carboxylic acids is 1. The van der Waals surface area contributed by atoms with Gasteiger partial charge in [-0.05, 0) is 61.5 Å². The number of allylic oxidation sites excluding steroid dienone is 5. The van der Waals surface area contributed by atoms with Gasteiger partial charge in [0, 0.05) is 16.8 Å². The zero-order chi connectivity index (χ0) is 16.9. The van der Waals surface area contributed by atoms with Gasteiger partial charge in [0.05, 0.1) is 5.56 Å². The Balaban J connectivity index is 1.66. The van der Waals surface area contributed by atoms with Crippen LogP contribution in [0.1, 0.15) is 43.2 Å². The SMILES string of the molecule is O=C1Nc2cc(C(F)(F)F)ccc2C1=CC1=CC2=C(CCCC2)C1. The fourth-order valence-electron chi connectivity index (χ4n) is 3.68. The number of rotatable bonds is 1. The Bertz CT molecular complexity index is 828. The first-order chi connectivity index (χ1) is 11.4. The highest BCUT2D eigenvalue weighted by molar-refractivity contribution is 6.31. The van der Waals surface area contributed by atoms with Crippen molar-refractivity contribution in [2.75, 3.05) is 5.32 Å². The molecule has 0 fully saturated rings. The second-order valence-corrected chi connectivity index (χ2v) is 6.50. The van der Waals surface area contributed by atoms with Crippen LogP contribution >= 0.6 is 0 Å². The average Bonchev–Trinajstić information content (AvgIpc) is 3.07. The van der Waals surface area contributed by atoms with E-state index in [0.717, 1.165) is 37.0 Å². The molecule has 1 N–H and O–H groups in total. The van der Waals surface area contributed by atoms with Crippen LogP contribution in [-0.4, -0.2) is 5.91 Å². The van der Waals surface area contributed by atoms with E-state index in [4.69, 9.17) is 0 Å². The number of alkyl halides is 3. The summed E-state index contributed by atoms with van der Waals surface area (Å²) in [5.74, 6) is -0.338. The van der Waals surface area contributed by atoms with Crippen molar-refractivity contribution >= 4 is 17.2 Å². The maximum Gasteiger partial charge on any atom is 0.416 e. The Labute approximate surface area is 137 Å². The van der Waals surface area contributed by atoms with Crippen molar-refractivity contribution in [2.24, 2.45) is 0 Å². The minimum Gasteiger partial charge on any atom is -0.321 e. The maximum atomic E-state index is 12.8. The van der Waals surface area contributed by atoms with Crippen LogP contribution in [0.5, 0.6) is 0 Å². The lowest BCUT2D eigenvalue weighted by atomic mass is 9.93. The zero-order valence-corrected chi connectivity index (χ0v) is 13.0. The molecule has 0 saturated heterocycles. The molecule has 0 bridgehead atoms. The van der Waals surface area contributed by atoms with Gasteiger partial charge in [-0.3, -0.25) is 4.79 Å². The van der Waals surface area contributed by atoms with Gasteiger partial charge in [0.1, 0.15) is 0 Å². The second-order valence-electron chi connectivity index (χ2n) is 6.50. The topological polar surface area (TPSA) is 29.1 Å². The van der Waals surface area contributed by atoms with Gasteiger partial charge in [-0.15, -0.1) is 0 Å². The monoisotopic (exact) mass is 331 g/mol. The summed E-state index contributed by atoms with van der Waals surface area (Å²) in [7, 11) is 0. The predicted molar refractivity (Wildman–Crippen MR) is 86.2 cm³/mol. The van der Waals surface area contributed by atoms with Gasteiger partial charge in [-0.25, -0.2) is 0 Å². The number of halogens is 3. The van der Waals surface area contributed by atoms with Crippen LogP contribution in [0.4, 0.5) is 18.9 Å². The molecule has 1 aromatic carbocycles. The summed E-state index contributed by atoms with van der Waals surface area (Å²) < 4.78 is 38.4. The molecule has 1 aliphatic heterocycles. The number of carbonyl (C=O) groups is 1. The van der Waals surface area contributed by atoms with E-state index >= 15 is 0 Å². The summed E-state index contributed by atoms with van der Waals surface area (Å²) in [5.41, 5.74) is 4.36. The number of fused-ring (bicyclic) bond motifs is 1. The first-order valence-electron chi connectivity index (χ1n) is 8.08. The Morgan fingerprint density at radius 1 is 1.12 bits per heavy atom. The van der Waals surface area contributed by atoms with Crippen LogP contribution in [0.25, 0.3) is 5.57 Å². The molecule has 0 unspecified atom stereocenters. The molecular formula is C19H16F3NO. The highest BCUT2D eigenvalue weighted by Crippen LogP contribution is 2.41. The summed E-state index contributed by atoms with van der Waals surface area (Å²) in [5, 5.41) is 2.55. The van der Waals surface area contributed by atoms with E-state index in [1.165, 1.54) is 30.1 Å². The first-order valence-corrected chi connectivity index (χ1v) is 8.08. The van der Waals surface area contributed by atoms with Crippen LogP contribution in [0, 0.1) is 0 Å². The van der Waals surface area contributed by atoms with Gasteiger partial charge in [0.25, 0.3) is 5.91 Å². The van der Waals surface area contributed by atoms with Gasteiger partial charge >= 0.3 is 6.18 Å². The average molecular weight is 331 g/mol. The van der Waals surface area contributed by atoms with Crippen molar-refractivity contribution in [3.63, 3.8) is 0 Å². The van der Waals surface area contributed by atoms with Gasteiger partial charge in [0.15, 0.2) is 0 Å². The van der Waals surface area contributed by atoms with E-state index in [0.29, 0.717) is 11.1 Å². The molecule has 1 aromatic rings. The third-order valence-electron chi connectivity index (χ3n) is 4.87. The maximum absolute atomic E-state index is 12.8. The zero-order valence-electron chi connectivity index (χ0n) is 13.0. The second kappa shape index (κ2) is 5.36. The molecule has 2 nitrogen and oxygen atoms in total. The lowest BCUT2D eigenvalue weighted by molar-refractivity contribution is -0.137. The highest BCUT2D eigenvalue weighted by atomic mass is 19.4. The van der Waals surface area contributed by atoms with Crippen LogP contribution in [0.15, 0.2) is 47.1 Å². The fourth-order valence-corrected chi connectivity index (χ4v) is 3.68. The quantitative estimate of drug-likeness (QED) is 0.700. The normalized spacial score (nSPS) is 21.7. The van der Waals surface area contributed by atoms with E-state index in [-0.39, 0.29) is 11.6 Å². The van der Waals surface area contributed by atoms with Crippen LogP contribution in [0.3, 0.4) is 0 Å². The summed E-state index contributed by atoms with van der Waals surface area (Å²) in [6, 6.07) is 3.41. The molecule has 0 saturated carbocycles. The molecule has 4 rings (SSSR count). The van der Waals surface area contributed by atoms with Crippen molar-refractivity contribution < 1.29 is 18.0 Å². The third kappa shape index (κ3) is 2.58. The number of nitrogens with one attached hydrogen (secondary N) is 1. The van der Waals surface area contributed by atoms with Gasteiger partial charge in [-0.2, -0.15) is 13.2 Å². The van der Waals surface area contributed by atoms with Crippen LogP contribution in [-0.2, 0) is 11.0 Å². The van der Waals surface area contributed by atoms with Gasteiger partial charge in [-0.1, -0.05) is 17.7 Å². The summed E-state index contributed by atoms with van der Waals surface area (Å²) in [4.78, 5) is 12.2. The Morgan fingerprint density at radius 2 is 1.92 bits per heavy atom. The van der Waals surface area contributed by atoms with Gasteiger partial charge < -0.3 is 5.32 Å². The summed E-state index contributed by atoms with van der Waals surface area (Å²) >= 11 is 0. The summed E-state index contributed by atoms with van der Waals surface area (Å²) in [6.45, 7) is 0. The van der Waals surface area contributed by atoms with Crippen LogP contribution < -0.4 is 5.32 Å². The Kier molecular flexibility index (Phi) is 3.41. The smallest absolute Gasteiger partial charge is 0.321 e. The Morgan fingerprint density at radius 3 is 2.67 bits per heavy atom. The number of hydrogen-bond acceptors (Lipinski definition) is 1. The molecule has 0 atom stereocenters. The molecule has 24 heavy (non-hydrogen) atoms. The standard InChI is InChI=1S/C19H16F3NO/c20-19(21,22)14-5-6-15-16(18(24)23-17(15)10-14)9-11-7-12-3-1-2-4-13(12)8-11/h5-7,9-10H,1-4,8H2,(H,23,24). The lowest BCUT2D eigenvalue weighted by Crippen LogP contribution is -2.06. The highest BCUT2D eigenvalue weighted by Gasteiger charge is 2.33. The van der Waals surface area contributed by atoms with E-state index in [9.17, 15) is 18.0 Å². The van der Waals surface area contributed by atoms with Crippen molar-refractivity contribution in [1.29, 1.82) is 0 Å². The van der Waals surface area contributed by atoms with E-state index in [1.807, 2.05) is 6.08 Å². The third-order valence-corrected chi connectivity index (χ3v) is 4.87. The van der Waals surface area contributed by atoms with E-state index < -0.39 is 11.7 Å². The number of anilines is 1. The lowest BCUT2D eigenvalue weighted by Gasteiger charge is -2.12.